The molecule has 2 aromatic rings. The Morgan fingerprint density at radius 2 is 1.92 bits per heavy atom. The molecule has 0 fully saturated rings. The monoisotopic (exact) mass is 199 g/mol. The minimum absolute atomic E-state index is 0.395. The van der Waals surface area contributed by atoms with Crippen molar-refractivity contribution in [1.82, 2.24) is 4.98 Å². The Balaban J connectivity index is 2.77. The molecule has 13 heavy (non-hydrogen) atoms. The van der Waals surface area contributed by atoms with Crippen molar-refractivity contribution in [3.8, 4) is 0 Å². The number of rotatable bonds is 1. The van der Waals surface area contributed by atoms with Crippen LogP contribution in [0.15, 0.2) is 35.4 Å². The molecule has 0 aliphatic heterocycles. The topological polar surface area (TPSA) is 49.9 Å². The van der Waals surface area contributed by atoms with Gasteiger partial charge >= 0.3 is 10.2 Å². The highest BCUT2D eigenvalue weighted by molar-refractivity contribution is 7.86. The molecule has 0 saturated carbocycles. The van der Waals surface area contributed by atoms with Crippen LogP contribution in [0.3, 0.4) is 0 Å². The van der Waals surface area contributed by atoms with E-state index in [0.717, 1.165) is 0 Å². The highest BCUT2D eigenvalue weighted by atomic mass is 32.3. The molecule has 1 heterocycles. The zero-order valence-corrected chi connectivity index (χ0v) is 7.31. The molecule has 5 heteroatoms. The minimum Gasteiger partial charge on any atom is -0.343 e. The number of aromatic nitrogens is 1. The van der Waals surface area contributed by atoms with Gasteiger partial charge in [0.2, 0.25) is 0 Å². The maximum Gasteiger partial charge on any atom is 0.347 e. The molecule has 68 valence electrons. The molecular formula is C8H6FNO2S. The van der Waals surface area contributed by atoms with Crippen molar-refractivity contribution in [1.29, 1.82) is 0 Å². The first-order valence-corrected chi connectivity index (χ1v) is 4.98. The van der Waals surface area contributed by atoms with Crippen molar-refractivity contribution in [2.75, 3.05) is 0 Å². The van der Waals surface area contributed by atoms with Gasteiger partial charge in [0.05, 0.1) is 0 Å². The Labute approximate surface area is 74.4 Å². The number of halogens is 1. The van der Waals surface area contributed by atoms with Crippen LogP contribution in [0.1, 0.15) is 0 Å². The summed E-state index contributed by atoms with van der Waals surface area (Å²) in [5, 5.41) is 0.285. The summed E-state index contributed by atoms with van der Waals surface area (Å²) >= 11 is 0. The number of H-pyrrole nitrogens is 1. The Kier molecular flexibility index (Phi) is 1.63. The van der Waals surface area contributed by atoms with E-state index in [2.05, 4.69) is 4.98 Å². The predicted octanol–water partition coefficient (Wildman–Crippen LogP) is 1.83. The van der Waals surface area contributed by atoms with Gasteiger partial charge in [-0.3, -0.25) is 0 Å². The Bertz CT molecular complexity index is 511. The van der Waals surface area contributed by atoms with Gasteiger partial charge in [0.25, 0.3) is 0 Å². The molecule has 0 unspecified atom stereocenters. The fourth-order valence-electron chi connectivity index (χ4n) is 1.18. The lowest BCUT2D eigenvalue weighted by atomic mass is 10.3. The molecule has 1 N–H and O–H groups in total. The van der Waals surface area contributed by atoms with E-state index >= 15 is 0 Å². The fraction of sp³-hybridized carbons (Fsp3) is 0. The minimum atomic E-state index is -4.62. The number of nitrogens with one attached hydrogen (secondary N) is 1. The summed E-state index contributed by atoms with van der Waals surface area (Å²) in [6, 6.07) is 8.16. The second kappa shape index (κ2) is 2.56. The van der Waals surface area contributed by atoms with E-state index in [9.17, 15) is 12.3 Å². The van der Waals surface area contributed by atoms with E-state index in [1.165, 1.54) is 6.07 Å². The summed E-state index contributed by atoms with van der Waals surface area (Å²) in [4.78, 5) is 2.47. The maximum atomic E-state index is 12.5. The van der Waals surface area contributed by atoms with Crippen LogP contribution in [-0.4, -0.2) is 13.4 Å². The number of fused-ring (bicyclic) bond motifs is 1. The van der Waals surface area contributed by atoms with E-state index in [0.29, 0.717) is 10.9 Å². The summed E-state index contributed by atoms with van der Waals surface area (Å²) < 4.78 is 33.5. The quantitative estimate of drug-likeness (QED) is 0.712. The zero-order valence-electron chi connectivity index (χ0n) is 6.49. The Morgan fingerprint density at radius 1 is 1.23 bits per heavy atom. The summed E-state index contributed by atoms with van der Waals surface area (Å²) in [7, 11) is -4.62. The van der Waals surface area contributed by atoms with Crippen LogP contribution in [0.4, 0.5) is 3.89 Å². The SMILES string of the molecule is O=S(=O)(F)c1cc2ccccc2[nH]1. The Hall–Kier alpha value is -1.36. The molecule has 3 nitrogen and oxygen atoms in total. The van der Waals surface area contributed by atoms with Gasteiger partial charge in [-0.05, 0) is 12.1 Å². The summed E-state index contributed by atoms with van der Waals surface area (Å²) in [5.74, 6) is 0. The summed E-state index contributed by atoms with van der Waals surface area (Å²) in [6.45, 7) is 0. The lowest BCUT2D eigenvalue weighted by molar-refractivity contribution is 0.549. The van der Waals surface area contributed by atoms with E-state index in [-0.39, 0.29) is 0 Å². The van der Waals surface area contributed by atoms with Crippen molar-refractivity contribution in [2.45, 2.75) is 5.03 Å². The molecule has 0 spiro atoms. The third-order valence-corrected chi connectivity index (χ3v) is 2.51. The van der Waals surface area contributed by atoms with Crippen molar-refractivity contribution in [2.24, 2.45) is 0 Å². The lowest BCUT2D eigenvalue weighted by Gasteiger charge is -1.85. The first-order valence-electron chi connectivity index (χ1n) is 3.60. The lowest BCUT2D eigenvalue weighted by Crippen LogP contribution is -1.90. The van der Waals surface area contributed by atoms with E-state index < -0.39 is 15.2 Å². The molecule has 0 amide bonds. The molecule has 0 bridgehead atoms. The first-order chi connectivity index (χ1) is 6.07. The highest BCUT2D eigenvalue weighted by Crippen LogP contribution is 2.19. The van der Waals surface area contributed by atoms with Gasteiger partial charge in [-0.2, -0.15) is 8.42 Å². The van der Waals surface area contributed by atoms with Crippen LogP contribution in [0.2, 0.25) is 0 Å². The van der Waals surface area contributed by atoms with Crippen LogP contribution in [-0.2, 0) is 10.2 Å². The van der Waals surface area contributed by atoms with Gasteiger partial charge in [-0.15, -0.1) is 0 Å². The average Bonchev–Trinajstić information content (AvgIpc) is 2.45. The molecule has 0 atom stereocenters. The van der Waals surface area contributed by atoms with Crippen molar-refractivity contribution in [3.63, 3.8) is 0 Å². The van der Waals surface area contributed by atoms with Gasteiger partial charge in [-0.1, -0.05) is 22.1 Å². The van der Waals surface area contributed by atoms with Crippen LogP contribution >= 0.6 is 0 Å². The number of hydrogen-bond donors (Lipinski definition) is 1. The summed E-state index contributed by atoms with van der Waals surface area (Å²) in [5.41, 5.74) is 0.610. The van der Waals surface area contributed by atoms with Gasteiger partial charge in [0, 0.05) is 10.9 Å². The van der Waals surface area contributed by atoms with Crippen molar-refractivity contribution >= 4 is 21.1 Å². The number of benzene rings is 1. The maximum absolute atomic E-state index is 12.5. The predicted molar refractivity (Wildman–Crippen MR) is 46.6 cm³/mol. The largest absolute Gasteiger partial charge is 0.347 e. The normalized spacial score (nSPS) is 12.1. The van der Waals surface area contributed by atoms with Crippen LogP contribution in [0.25, 0.3) is 10.9 Å². The second-order valence-electron chi connectivity index (χ2n) is 2.66. The molecular weight excluding hydrogens is 193 g/mol. The Morgan fingerprint density at radius 3 is 2.54 bits per heavy atom. The molecule has 0 radical (unpaired) electrons. The number of hydrogen-bond acceptors (Lipinski definition) is 2. The molecule has 0 aliphatic carbocycles. The van der Waals surface area contributed by atoms with E-state index in [1.54, 1.807) is 24.3 Å². The van der Waals surface area contributed by atoms with Crippen LogP contribution in [0, 0.1) is 0 Å². The number of aromatic amines is 1. The van der Waals surface area contributed by atoms with Gasteiger partial charge in [0.1, 0.15) is 0 Å². The first kappa shape index (κ1) is 8.25. The van der Waals surface area contributed by atoms with Crippen LogP contribution in [0.5, 0.6) is 0 Å². The second-order valence-corrected chi connectivity index (χ2v) is 3.97. The standard InChI is InChI=1S/C8H6FNO2S/c9-13(11,12)8-5-6-3-1-2-4-7(6)10-8/h1-5,10H. The molecule has 1 aromatic heterocycles. The van der Waals surface area contributed by atoms with Gasteiger partial charge in [0.15, 0.2) is 5.03 Å². The van der Waals surface area contributed by atoms with Crippen LogP contribution < -0.4 is 0 Å². The van der Waals surface area contributed by atoms with Gasteiger partial charge in [-0.25, -0.2) is 0 Å². The smallest absolute Gasteiger partial charge is 0.343 e. The zero-order chi connectivity index (χ0) is 9.47. The van der Waals surface area contributed by atoms with Crippen molar-refractivity contribution in [3.05, 3.63) is 30.3 Å². The molecule has 1 aromatic carbocycles. The molecule has 0 saturated heterocycles. The summed E-state index contributed by atoms with van der Waals surface area (Å²) in [6.07, 6.45) is 0. The average molecular weight is 199 g/mol. The van der Waals surface area contributed by atoms with E-state index in [1.807, 2.05) is 0 Å². The van der Waals surface area contributed by atoms with E-state index in [4.69, 9.17) is 0 Å². The van der Waals surface area contributed by atoms with Crippen molar-refractivity contribution < 1.29 is 12.3 Å². The fourth-order valence-corrected chi connectivity index (χ4v) is 1.68. The number of para-hydroxylation sites is 1. The highest BCUT2D eigenvalue weighted by Gasteiger charge is 2.14. The molecule has 2 rings (SSSR count). The molecule has 0 aliphatic rings. The third kappa shape index (κ3) is 1.42. The third-order valence-electron chi connectivity index (χ3n) is 1.77. The van der Waals surface area contributed by atoms with Gasteiger partial charge < -0.3 is 4.98 Å².